The zero-order chi connectivity index (χ0) is 17.6. The van der Waals surface area contributed by atoms with Crippen LogP contribution in [-0.2, 0) is 0 Å². The van der Waals surface area contributed by atoms with Gasteiger partial charge in [-0.15, -0.1) is 0 Å². The van der Waals surface area contributed by atoms with Crippen molar-refractivity contribution in [3.63, 3.8) is 0 Å². The number of aromatic nitrogens is 1. The van der Waals surface area contributed by atoms with Crippen LogP contribution in [0.5, 0.6) is 5.75 Å². The second-order valence-electron chi connectivity index (χ2n) is 4.97. The molecule has 2 aromatic heterocycles. The van der Waals surface area contributed by atoms with E-state index in [0.29, 0.717) is 22.3 Å². The van der Waals surface area contributed by atoms with E-state index in [1.54, 1.807) is 49.6 Å². The minimum Gasteiger partial charge on any atom is -0.495 e. The zero-order valence-corrected chi connectivity index (χ0v) is 14.0. The Morgan fingerprint density at radius 1 is 1.28 bits per heavy atom. The number of pyridine rings is 1. The Hall–Kier alpha value is -3.12. The first-order valence-electron chi connectivity index (χ1n) is 7.35. The van der Waals surface area contributed by atoms with Gasteiger partial charge in [-0.05, 0) is 42.5 Å². The van der Waals surface area contributed by atoms with Crippen LogP contribution < -0.4 is 10.2 Å². The van der Waals surface area contributed by atoms with Gasteiger partial charge < -0.3 is 9.15 Å². The highest BCUT2D eigenvalue weighted by molar-refractivity contribution is 6.32. The topological polar surface area (TPSA) is 76.7 Å². The number of hydrazone groups is 1. The molecule has 0 fully saturated rings. The Morgan fingerprint density at radius 3 is 2.88 bits per heavy atom. The SMILES string of the molecule is COc1ccc(-c2ccc(C=NNC(=O)c3ccccn3)o2)cc1Cl. The molecule has 0 bridgehead atoms. The molecule has 1 N–H and O–H groups in total. The van der Waals surface area contributed by atoms with Gasteiger partial charge in [-0.1, -0.05) is 17.7 Å². The molecule has 0 aliphatic rings. The number of hydrogen-bond acceptors (Lipinski definition) is 5. The lowest BCUT2D eigenvalue weighted by molar-refractivity contribution is 0.0950. The Morgan fingerprint density at radius 2 is 2.16 bits per heavy atom. The van der Waals surface area contributed by atoms with E-state index in [1.165, 1.54) is 12.4 Å². The van der Waals surface area contributed by atoms with E-state index in [0.717, 1.165) is 5.56 Å². The summed E-state index contributed by atoms with van der Waals surface area (Å²) < 4.78 is 10.8. The number of carbonyl (C=O) groups is 1. The van der Waals surface area contributed by atoms with Crippen molar-refractivity contribution in [3.05, 3.63) is 71.2 Å². The van der Waals surface area contributed by atoms with Crippen molar-refractivity contribution in [1.29, 1.82) is 0 Å². The predicted molar refractivity (Wildman–Crippen MR) is 95.0 cm³/mol. The van der Waals surface area contributed by atoms with E-state index in [-0.39, 0.29) is 5.69 Å². The summed E-state index contributed by atoms with van der Waals surface area (Å²) in [7, 11) is 1.56. The maximum absolute atomic E-state index is 11.8. The van der Waals surface area contributed by atoms with Crippen molar-refractivity contribution in [3.8, 4) is 17.1 Å². The van der Waals surface area contributed by atoms with Gasteiger partial charge in [-0.25, -0.2) is 5.43 Å². The second-order valence-corrected chi connectivity index (χ2v) is 5.37. The van der Waals surface area contributed by atoms with Gasteiger partial charge in [-0.3, -0.25) is 9.78 Å². The Balaban J connectivity index is 1.67. The summed E-state index contributed by atoms with van der Waals surface area (Å²) >= 11 is 6.12. The molecule has 2 heterocycles. The summed E-state index contributed by atoms with van der Waals surface area (Å²) in [5.41, 5.74) is 3.48. The molecular formula is C18H14ClN3O3. The highest BCUT2D eigenvalue weighted by atomic mass is 35.5. The molecule has 0 radical (unpaired) electrons. The molecule has 0 aliphatic carbocycles. The number of benzene rings is 1. The first-order valence-corrected chi connectivity index (χ1v) is 7.73. The summed E-state index contributed by atoms with van der Waals surface area (Å²) in [5.74, 6) is 1.31. The number of nitrogens with one attached hydrogen (secondary N) is 1. The standard InChI is InChI=1S/C18H14ClN3O3/c1-24-17-7-5-12(10-14(17)19)16-8-6-13(25-16)11-21-22-18(23)15-4-2-3-9-20-15/h2-11H,1H3,(H,22,23). The monoisotopic (exact) mass is 355 g/mol. The molecule has 126 valence electrons. The van der Waals surface area contributed by atoms with Crippen LogP contribution in [0.4, 0.5) is 0 Å². The highest BCUT2D eigenvalue weighted by Crippen LogP contribution is 2.30. The number of carbonyl (C=O) groups excluding carboxylic acids is 1. The highest BCUT2D eigenvalue weighted by Gasteiger charge is 2.08. The number of halogens is 1. The van der Waals surface area contributed by atoms with Crippen molar-refractivity contribution in [1.82, 2.24) is 10.4 Å². The number of hydrogen-bond donors (Lipinski definition) is 1. The van der Waals surface area contributed by atoms with Crippen molar-refractivity contribution in [2.45, 2.75) is 0 Å². The number of methoxy groups -OCH3 is 1. The van der Waals surface area contributed by atoms with Gasteiger partial charge in [0, 0.05) is 11.8 Å². The summed E-state index contributed by atoms with van der Waals surface area (Å²) in [5, 5.41) is 4.36. The minimum atomic E-state index is -0.398. The van der Waals surface area contributed by atoms with E-state index in [2.05, 4.69) is 15.5 Å². The molecular weight excluding hydrogens is 342 g/mol. The largest absolute Gasteiger partial charge is 0.495 e. The average molecular weight is 356 g/mol. The first kappa shape index (κ1) is 16.7. The summed E-state index contributed by atoms with van der Waals surface area (Å²) in [4.78, 5) is 15.8. The van der Waals surface area contributed by atoms with E-state index in [1.807, 2.05) is 6.07 Å². The molecule has 1 aromatic carbocycles. The van der Waals surface area contributed by atoms with E-state index < -0.39 is 5.91 Å². The molecule has 0 saturated heterocycles. The molecule has 0 aliphatic heterocycles. The molecule has 0 saturated carbocycles. The average Bonchev–Trinajstić information content (AvgIpc) is 3.11. The smallest absolute Gasteiger partial charge is 0.289 e. The van der Waals surface area contributed by atoms with Gasteiger partial charge in [0.2, 0.25) is 0 Å². The molecule has 3 rings (SSSR count). The fourth-order valence-electron chi connectivity index (χ4n) is 2.11. The molecule has 0 unspecified atom stereocenters. The lowest BCUT2D eigenvalue weighted by Crippen LogP contribution is -2.18. The van der Waals surface area contributed by atoms with E-state index in [4.69, 9.17) is 20.8 Å². The quantitative estimate of drug-likeness (QED) is 0.558. The van der Waals surface area contributed by atoms with Gasteiger partial charge in [0.05, 0.1) is 18.3 Å². The van der Waals surface area contributed by atoms with Crippen molar-refractivity contribution >= 4 is 23.7 Å². The lowest BCUT2D eigenvalue weighted by atomic mass is 10.2. The number of rotatable bonds is 5. The van der Waals surface area contributed by atoms with Gasteiger partial charge in [0.25, 0.3) is 5.91 Å². The molecule has 1 amide bonds. The van der Waals surface area contributed by atoms with Crippen LogP contribution in [0.25, 0.3) is 11.3 Å². The van der Waals surface area contributed by atoms with Gasteiger partial charge in [0.1, 0.15) is 23.0 Å². The maximum Gasteiger partial charge on any atom is 0.289 e. The van der Waals surface area contributed by atoms with Crippen LogP contribution >= 0.6 is 11.6 Å². The van der Waals surface area contributed by atoms with Gasteiger partial charge >= 0.3 is 0 Å². The minimum absolute atomic E-state index is 0.285. The Kier molecular flexibility index (Phi) is 5.11. The third kappa shape index (κ3) is 4.05. The summed E-state index contributed by atoms with van der Waals surface area (Å²) in [6.45, 7) is 0. The molecule has 7 heteroatoms. The fraction of sp³-hybridized carbons (Fsp3) is 0.0556. The second kappa shape index (κ2) is 7.63. The number of nitrogens with zero attached hydrogens (tertiary/aromatic N) is 2. The van der Waals surface area contributed by atoms with Crippen LogP contribution in [0, 0.1) is 0 Å². The molecule has 0 spiro atoms. The first-order chi connectivity index (χ1) is 12.2. The molecule has 3 aromatic rings. The van der Waals surface area contributed by atoms with Crippen LogP contribution in [0.15, 0.2) is 64.2 Å². The van der Waals surface area contributed by atoms with Crippen LogP contribution in [-0.4, -0.2) is 24.2 Å². The van der Waals surface area contributed by atoms with Crippen LogP contribution in [0.3, 0.4) is 0 Å². The summed E-state index contributed by atoms with van der Waals surface area (Å²) in [6.07, 6.45) is 2.95. The molecule has 6 nitrogen and oxygen atoms in total. The number of ether oxygens (including phenoxy) is 1. The fourth-order valence-corrected chi connectivity index (χ4v) is 2.36. The Bertz CT molecular complexity index is 907. The molecule has 0 atom stereocenters. The van der Waals surface area contributed by atoms with E-state index in [9.17, 15) is 4.79 Å². The predicted octanol–water partition coefficient (Wildman–Crippen LogP) is 3.77. The van der Waals surface area contributed by atoms with Gasteiger partial charge in [-0.2, -0.15) is 5.10 Å². The maximum atomic E-state index is 11.8. The van der Waals surface area contributed by atoms with Crippen molar-refractivity contribution in [2.24, 2.45) is 5.10 Å². The number of furan rings is 1. The summed E-state index contributed by atoms with van der Waals surface area (Å²) in [6, 6.07) is 13.9. The van der Waals surface area contributed by atoms with Crippen molar-refractivity contribution < 1.29 is 13.9 Å². The number of amides is 1. The molecule has 25 heavy (non-hydrogen) atoms. The Labute approximate surface area is 149 Å². The van der Waals surface area contributed by atoms with Crippen LogP contribution in [0.2, 0.25) is 5.02 Å². The van der Waals surface area contributed by atoms with Gasteiger partial charge in [0.15, 0.2) is 0 Å². The van der Waals surface area contributed by atoms with Crippen molar-refractivity contribution in [2.75, 3.05) is 7.11 Å². The lowest BCUT2D eigenvalue weighted by Gasteiger charge is -2.04. The van der Waals surface area contributed by atoms with Crippen LogP contribution in [0.1, 0.15) is 16.2 Å². The van der Waals surface area contributed by atoms with E-state index >= 15 is 0 Å². The third-order valence-corrected chi connectivity index (χ3v) is 3.61. The zero-order valence-electron chi connectivity index (χ0n) is 13.3. The normalized spacial score (nSPS) is 10.8. The third-order valence-electron chi connectivity index (χ3n) is 3.32.